The Morgan fingerprint density at radius 2 is 2.29 bits per heavy atom. The van der Waals surface area contributed by atoms with E-state index in [0.717, 1.165) is 0 Å². The standard InChI is InChI=1S/C3H6O3.Au/c1-6-2-3(4)5;/h2H2,1H3,(H,4,5);/q;+1/p-1. The molecule has 0 fully saturated rings. The van der Waals surface area contributed by atoms with Gasteiger partial charge in [0.1, 0.15) is 0 Å². The van der Waals surface area contributed by atoms with Crippen LogP contribution in [0.4, 0.5) is 0 Å². The Kier molecular flexibility index (Phi) is 9.00. The van der Waals surface area contributed by atoms with E-state index in [1.54, 1.807) is 0 Å². The molecule has 0 aliphatic rings. The van der Waals surface area contributed by atoms with E-state index in [2.05, 4.69) is 4.74 Å². The van der Waals surface area contributed by atoms with Crippen molar-refractivity contribution < 1.29 is 37.0 Å². The molecule has 0 unspecified atom stereocenters. The molecule has 0 aliphatic heterocycles. The van der Waals surface area contributed by atoms with Gasteiger partial charge in [-0.15, -0.1) is 0 Å². The van der Waals surface area contributed by atoms with Crippen LogP contribution in [0.2, 0.25) is 0 Å². The minimum atomic E-state index is -1.18. The van der Waals surface area contributed by atoms with Crippen molar-refractivity contribution in [3.63, 3.8) is 0 Å². The summed E-state index contributed by atoms with van der Waals surface area (Å²) in [7, 11) is 1.30. The quantitative estimate of drug-likeness (QED) is 0.573. The molecule has 0 aromatic rings. The molecule has 0 rings (SSSR count). The van der Waals surface area contributed by atoms with Gasteiger partial charge in [0.15, 0.2) is 0 Å². The van der Waals surface area contributed by atoms with Crippen molar-refractivity contribution in [1.29, 1.82) is 0 Å². The second-order valence-electron chi connectivity index (χ2n) is 0.805. The number of hydrogen-bond donors (Lipinski definition) is 0. The third-order valence-corrected chi connectivity index (χ3v) is 0.262. The molecule has 0 radical (unpaired) electrons. The fourth-order valence-corrected chi connectivity index (χ4v) is 0.118. The summed E-state index contributed by atoms with van der Waals surface area (Å²) in [5.74, 6) is -1.18. The van der Waals surface area contributed by atoms with Crippen LogP contribution in [-0.4, -0.2) is 19.7 Å². The Balaban J connectivity index is 0. The number of carboxylic acids is 1. The molecule has 0 bridgehead atoms. The van der Waals surface area contributed by atoms with Gasteiger partial charge in [-0.2, -0.15) is 0 Å². The molecule has 7 heavy (non-hydrogen) atoms. The zero-order chi connectivity index (χ0) is 4.99. The van der Waals surface area contributed by atoms with Crippen LogP contribution in [0, 0.1) is 0 Å². The van der Waals surface area contributed by atoms with Crippen LogP contribution in [0.5, 0.6) is 0 Å². The summed E-state index contributed by atoms with van der Waals surface area (Å²) in [5.41, 5.74) is 0. The first-order chi connectivity index (χ1) is 2.77. The smallest absolute Gasteiger partial charge is 0.548 e. The Morgan fingerprint density at radius 1 is 1.86 bits per heavy atom. The molecule has 0 amide bonds. The van der Waals surface area contributed by atoms with E-state index in [1.807, 2.05) is 0 Å². The Bertz CT molecular complexity index is 54.1. The van der Waals surface area contributed by atoms with Crippen molar-refractivity contribution in [3.8, 4) is 0 Å². The molecule has 0 saturated carbocycles. The molecule has 0 heterocycles. The summed E-state index contributed by atoms with van der Waals surface area (Å²) in [6.45, 7) is -0.319. The van der Waals surface area contributed by atoms with Gasteiger partial charge in [0.05, 0.1) is 12.6 Å². The van der Waals surface area contributed by atoms with Gasteiger partial charge in [0, 0.05) is 7.11 Å². The monoisotopic (exact) mass is 286 g/mol. The van der Waals surface area contributed by atoms with Crippen LogP contribution in [0.1, 0.15) is 0 Å². The predicted molar refractivity (Wildman–Crippen MR) is 16.9 cm³/mol. The second kappa shape index (κ2) is 6.17. The summed E-state index contributed by atoms with van der Waals surface area (Å²) in [4.78, 5) is 9.36. The molecule has 46 valence electrons. The van der Waals surface area contributed by atoms with Crippen molar-refractivity contribution in [3.05, 3.63) is 0 Å². The average Bonchev–Trinajstić information content (AvgIpc) is 1.35. The van der Waals surface area contributed by atoms with Gasteiger partial charge in [0.2, 0.25) is 0 Å². The van der Waals surface area contributed by atoms with Gasteiger partial charge in [-0.1, -0.05) is 0 Å². The normalized spacial score (nSPS) is 7.00. The summed E-state index contributed by atoms with van der Waals surface area (Å²) < 4.78 is 4.14. The molecule has 0 aromatic heterocycles. The van der Waals surface area contributed by atoms with Crippen molar-refractivity contribution >= 4 is 5.97 Å². The van der Waals surface area contributed by atoms with Crippen LogP contribution < -0.4 is 5.11 Å². The first-order valence-corrected chi connectivity index (χ1v) is 1.46. The van der Waals surface area contributed by atoms with Crippen molar-refractivity contribution in [2.24, 2.45) is 0 Å². The maximum atomic E-state index is 9.36. The SMILES string of the molecule is COCC(=O)[O-].[Au+]. The first kappa shape index (κ1) is 10.2. The molecule has 0 N–H and O–H groups in total. The number of hydrogen-bond acceptors (Lipinski definition) is 3. The van der Waals surface area contributed by atoms with Gasteiger partial charge in [-0.3, -0.25) is 0 Å². The average molecular weight is 286 g/mol. The van der Waals surface area contributed by atoms with E-state index in [9.17, 15) is 9.90 Å². The van der Waals surface area contributed by atoms with Crippen molar-refractivity contribution in [1.82, 2.24) is 0 Å². The fourth-order valence-electron chi connectivity index (χ4n) is 0.118. The largest absolute Gasteiger partial charge is 1.00 e. The number of methoxy groups -OCH3 is 1. The van der Waals surface area contributed by atoms with E-state index in [1.165, 1.54) is 7.11 Å². The molecule has 4 heteroatoms. The maximum absolute atomic E-state index is 9.36. The van der Waals surface area contributed by atoms with Gasteiger partial charge in [-0.25, -0.2) is 0 Å². The Morgan fingerprint density at radius 3 is 2.29 bits per heavy atom. The van der Waals surface area contributed by atoms with Gasteiger partial charge < -0.3 is 14.6 Å². The minimum Gasteiger partial charge on any atom is -0.548 e. The molecule has 0 atom stereocenters. The van der Waals surface area contributed by atoms with Crippen molar-refractivity contribution in [2.75, 3.05) is 13.7 Å². The molecular formula is C3H5AuO3. The number of carbonyl (C=O) groups excluding carboxylic acids is 1. The topological polar surface area (TPSA) is 49.4 Å². The molecule has 0 aliphatic carbocycles. The summed E-state index contributed by atoms with van der Waals surface area (Å²) >= 11 is 0. The summed E-state index contributed by atoms with van der Waals surface area (Å²) in [6, 6.07) is 0. The first-order valence-electron chi connectivity index (χ1n) is 1.46. The molecule has 0 saturated heterocycles. The molecular weight excluding hydrogens is 281 g/mol. The van der Waals surface area contributed by atoms with E-state index in [4.69, 9.17) is 0 Å². The van der Waals surface area contributed by atoms with Crippen LogP contribution in [-0.2, 0) is 31.9 Å². The zero-order valence-electron chi connectivity index (χ0n) is 3.73. The van der Waals surface area contributed by atoms with Crippen LogP contribution in [0.25, 0.3) is 0 Å². The molecule has 3 nitrogen and oxygen atoms in total. The van der Waals surface area contributed by atoms with Crippen LogP contribution in [0.3, 0.4) is 0 Å². The number of rotatable bonds is 2. The van der Waals surface area contributed by atoms with Crippen LogP contribution >= 0.6 is 0 Å². The van der Waals surface area contributed by atoms with E-state index in [0.29, 0.717) is 0 Å². The molecule has 0 spiro atoms. The zero-order valence-corrected chi connectivity index (χ0v) is 5.90. The Labute approximate surface area is 57.2 Å². The maximum Gasteiger partial charge on any atom is 1.00 e. The van der Waals surface area contributed by atoms with E-state index >= 15 is 0 Å². The van der Waals surface area contributed by atoms with Gasteiger partial charge >= 0.3 is 22.4 Å². The van der Waals surface area contributed by atoms with Gasteiger partial charge in [-0.05, 0) is 0 Å². The number of ether oxygens (including phenoxy) is 1. The summed E-state index contributed by atoms with van der Waals surface area (Å²) in [5, 5.41) is 9.36. The minimum absolute atomic E-state index is 0. The van der Waals surface area contributed by atoms with E-state index in [-0.39, 0.29) is 29.0 Å². The summed E-state index contributed by atoms with van der Waals surface area (Å²) in [6.07, 6.45) is 0. The van der Waals surface area contributed by atoms with E-state index < -0.39 is 5.97 Å². The predicted octanol–water partition coefficient (Wildman–Crippen LogP) is -1.62. The number of carboxylic acid groups (broad SMARTS) is 1. The number of carbonyl (C=O) groups is 1. The van der Waals surface area contributed by atoms with Crippen LogP contribution in [0.15, 0.2) is 0 Å². The van der Waals surface area contributed by atoms with Gasteiger partial charge in [0.25, 0.3) is 0 Å². The van der Waals surface area contributed by atoms with Crippen molar-refractivity contribution in [2.45, 2.75) is 0 Å². The third kappa shape index (κ3) is 10.7. The second-order valence-corrected chi connectivity index (χ2v) is 0.805. The fraction of sp³-hybridized carbons (Fsp3) is 0.667. The third-order valence-electron chi connectivity index (χ3n) is 0.262. The molecule has 0 aromatic carbocycles. The Hall–Kier alpha value is 0.170. The number of aliphatic carboxylic acids is 1.